The quantitative estimate of drug-likeness (QED) is 0.600. The summed E-state index contributed by atoms with van der Waals surface area (Å²) in [6.45, 7) is 2.40. The van der Waals surface area contributed by atoms with Crippen molar-refractivity contribution in [1.82, 2.24) is 20.1 Å². The molecule has 1 unspecified atom stereocenters. The largest absolute Gasteiger partial charge is 0.353 e. The maximum Gasteiger partial charge on any atom is 0.244 e. The third-order valence-corrected chi connectivity index (χ3v) is 4.47. The molecule has 1 aliphatic rings. The van der Waals surface area contributed by atoms with Crippen LogP contribution in [-0.4, -0.2) is 66.4 Å². The molecule has 0 spiro atoms. The van der Waals surface area contributed by atoms with Crippen LogP contribution in [0.25, 0.3) is 6.08 Å². The number of amides is 2. The molecule has 0 aromatic carbocycles. The molecule has 0 saturated carbocycles. The highest BCUT2D eigenvalue weighted by atomic mass is 32.1. The van der Waals surface area contributed by atoms with Crippen LogP contribution in [0.4, 0.5) is 0 Å². The van der Waals surface area contributed by atoms with E-state index < -0.39 is 0 Å². The summed E-state index contributed by atoms with van der Waals surface area (Å²) >= 11 is 1.50. The standard InChI is InChI=1S/C16H24N4O2S/c1-19(2)16(22)14-5-3-9-20(14)10-4-8-17-15(21)7-6-13-11-23-12-18-13/h6-7,11-12,14H,3-5,8-10H2,1-2H3,(H,17,21). The minimum absolute atomic E-state index is 0.00487. The lowest BCUT2D eigenvalue weighted by molar-refractivity contribution is -0.133. The van der Waals surface area contributed by atoms with Gasteiger partial charge in [0.1, 0.15) is 0 Å². The third-order valence-electron chi connectivity index (χ3n) is 3.87. The van der Waals surface area contributed by atoms with Crippen molar-refractivity contribution < 1.29 is 9.59 Å². The van der Waals surface area contributed by atoms with Crippen LogP contribution in [0, 0.1) is 0 Å². The Labute approximate surface area is 141 Å². The summed E-state index contributed by atoms with van der Waals surface area (Å²) in [5, 5.41) is 4.75. The molecule has 2 heterocycles. The number of nitrogens with zero attached hydrogens (tertiary/aromatic N) is 3. The van der Waals surface area contributed by atoms with Crippen molar-refractivity contribution in [3.8, 4) is 0 Å². The van der Waals surface area contributed by atoms with Gasteiger partial charge in [0.05, 0.1) is 17.2 Å². The number of carbonyl (C=O) groups excluding carboxylic acids is 2. The molecule has 2 rings (SSSR count). The summed E-state index contributed by atoms with van der Waals surface area (Å²) < 4.78 is 0. The number of aromatic nitrogens is 1. The van der Waals surface area contributed by atoms with Crippen molar-refractivity contribution in [2.75, 3.05) is 33.7 Å². The van der Waals surface area contributed by atoms with E-state index in [1.165, 1.54) is 17.4 Å². The predicted octanol–water partition coefficient (Wildman–Crippen LogP) is 1.22. The molecule has 1 aliphatic heterocycles. The minimum atomic E-state index is -0.111. The molecule has 23 heavy (non-hydrogen) atoms. The van der Waals surface area contributed by atoms with E-state index in [1.54, 1.807) is 30.6 Å². The topological polar surface area (TPSA) is 65.5 Å². The fraction of sp³-hybridized carbons (Fsp3) is 0.562. The Morgan fingerprint density at radius 1 is 1.52 bits per heavy atom. The predicted molar refractivity (Wildman–Crippen MR) is 92.1 cm³/mol. The van der Waals surface area contributed by atoms with Crippen molar-refractivity contribution >= 4 is 29.2 Å². The van der Waals surface area contributed by atoms with Crippen LogP contribution in [-0.2, 0) is 9.59 Å². The molecule has 1 atom stereocenters. The Morgan fingerprint density at radius 2 is 2.35 bits per heavy atom. The molecule has 1 N–H and O–H groups in total. The molecule has 0 aliphatic carbocycles. The van der Waals surface area contributed by atoms with E-state index in [2.05, 4.69) is 15.2 Å². The fourth-order valence-electron chi connectivity index (χ4n) is 2.69. The Hall–Kier alpha value is -1.73. The Bertz CT molecular complexity index is 542. The molecule has 126 valence electrons. The van der Waals surface area contributed by atoms with Gasteiger partial charge in [-0.15, -0.1) is 11.3 Å². The van der Waals surface area contributed by atoms with E-state index in [-0.39, 0.29) is 17.9 Å². The second-order valence-electron chi connectivity index (χ2n) is 5.82. The van der Waals surface area contributed by atoms with E-state index in [1.807, 2.05) is 5.38 Å². The first-order valence-corrected chi connectivity index (χ1v) is 8.81. The molecule has 1 saturated heterocycles. The van der Waals surface area contributed by atoms with Crippen molar-refractivity contribution in [1.29, 1.82) is 0 Å². The van der Waals surface area contributed by atoms with Crippen molar-refractivity contribution in [3.63, 3.8) is 0 Å². The number of likely N-dealkylation sites (N-methyl/N-ethyl adjacent to an activating group) is 1. The van der Waals surface area contributed by atoms with E-state index in [0.717, 1.165) is 38.0 Å². The van der Waals surface area contributed by atoms with Crippen LogP contribution in [0.15, 0.2) is 17.0 Å². The number of likely N-dealkylation sites (tertiary alicyclic amines) is 1. The van der Waals surface area contributed by atoms with Gasteiger partial charge in [0.2, 0.25) is 11.8 Å². The van der Waals surface area contributed by atoms with Gasteiger partial charge in [-0.2, -0.15) is 0 Å². The molecule has 0 radical (unpaired) electrons. The first kappa shape index (κ1) is 17.6. The first-order chi connectivity index (χ1) is 11.1. The Balaban J connectivity index is 1.66. The lowest BCUT2D eigenvalue weighted by atomic mass is 10.2. The number of thiazole rings is 1. The van der Waals surface area contributed by atoms with Crippen LogP contribution < -0.4 is 5.32 Å². The Kier molecular flexibility index (Phi) is 6.73. The molecule has 2 amide bonds. The minimum Gasteiger partial charge on any atom is -0.353 e. The van der Waals surface area contributed by atoms with Crippen LogP contribution >= 0.6 is 11.3 Å². The van der Waals surface area contributed by atoms with Gasteiger partial charge in [0.15, 0.2) is 0 Å². The number of hydrogen-bond acceptors (Lipinski definition) is 5. The van der Waals surface area contributed by atoms with Gasteiger partial charge in [-0.25, -0.2) is 4.98 Å². The lowest BCUT2D eigenvalue weighted by Crippen LogP contribution is -2.43. The van der Waals surface area contributed by atoms with Crippen molar-refractivity contribution in [2.24, 2.45) is 0 Å². The second kappa shape index (κ2) is 8.79. The number of nitrogens with one attached hydrogen (secondary N) is 1. The highest BCUT2D eigenvalue weighted by molar-refractivity contribution is 7.07. The molecular formula is C16H24N4O2S. The van der Waals surface area contributed by atoms with E-state index in [9.17, 15) is 9.59 Å². The normalized spacial score (nSPS) is 18.4. The maximum absolute atomic E-state index is 12.1. The van der Waals surface area contributed by atoms with Crippen LogP contribution in [0.3, 0.4) is 0 Å². The number of hydrogen-bond donors (Lipinski definition) is 1. The molecule has 7 heteroatoms. The highest BCUT2D eigenvalue weighted by Crippen LogP contribution is 2.18. The summed E-state index contributed by atoms with van der Waals surface area (Å²) in [5.74, 6) is 0.0677. The first-order valence-electron chi connectivity index (χ1n) is 7.87. The smallest absolute Gasteiger partial charge is 0.244 e. The van der Waals surface area contributed by atoms with Crippen LogP contribution in [0.5, 0.6) is 0 Å². The Morgan fingerprint density at radius 3 is 3.04 bits per heavy atom. The van der Waals surface area contributed by atoms with Gasteiger partial charge in [0, 0.05) is 38.6 Å². The number of rotatable bonds is 7. The zero-order valence-corrected chi connectivity index (χ0v) is 14.5. The zero-order valence-electron chi connectivity index (χ0n) is 13.7. The van der Waals surface area contributed by atoms with Gasteiger partial charge in [-0.3, -0.25) is 14.5 Å². The van der Waals surface area contributed by atoms with Gasteiger partial charge in [0.25, 0.3) is 0 Å². The van der Waals surface area contributed by atoms with Gasteiger partial charge in [-0.05, 0) is 31.9 Å². The second-order valence-corrected chi connectivity index (χ2v) is 6.54. The summed E-state index contributed by atoms with van der Waals surface area (Å²) in [6.07, 6.45) is 6.04. The summed E-state index contributed by atoms with van der Waals surface area (Å²) in [7, 11) is 3.60. The molecule has 1 fully saturated rings. The van der Waals surface area contributed by atoms with E-state index in [0.29, 0.717) is 6.54 Å². The summed E-state index contributed by atoms with van der Waals surface area (Å²) in [5.41, 5.74) is 2.53. The van der Waals surface area contributed by atoms with E-state index in [4.69, 9.17) is 0 Å². The average molecular weight is 336 g/mol. The van der Waals surface area contributed by atoms with Crippen LogP contribution in [0.1, 0.15) is 25.0 Å². The molecule has 1 aromatic heterocycles. The van der Waals surface area contributed by atoms with Gasteiger partial charge >= 0.3 is 0 Å². The fourth-order valence-corrected chi connectivity index (χ4v) is 3.21. The van der Waals surface area contributed by atoms with Gasteiger partial charge in [-0.1, -0.05) is 0 Å². The number of carbonyl (C=O) groups is 2. The monoisotopic (exact) mass is 336 g/mol. The molecule has 6 nitrogen and oxygen atoms in total. The van der Waals surface area contributed by atoms with E-state index >= 15 is 0 Å². The molecular weight excluding hydrogens is 312 g/mol. The molecule has 0 bridgehead atoms. The van der Waals surface area contributed by atoms with Crippen LogP contribution in [0.2, 0.25) is 0 Å². The highest BCUT2D eigenvalue weighted by Gasteiger charge is 2.30. The zero-order chi connectivity index (χ0) is 16.7. The molecule has 1 aromatic rings. The maximum atomic E-state index is 12.1. The van der Waals surface area contributed by atoms with Crippen molar-refractivity contribution in [2.45, 2.75) is 25.3 Å². The summed E-state index contributed by atoms with van der Waals surface area (Å²) in [6, 6.07) is 0.00487. The van der Waals surface area contributed by atoms with Crippen molar-refractivity contribution in [3.05, 3.63) is 22.7 Å². The SMILES string of the molecule is CN(C)C(=O)C1CCCN1CCCNC(=O)C=Cc1cscn1. The van der Waals surface area contributed by atoms with Gasteiger partial charge < -0.3 is 10.2 Å². The summed E-state index contributed by atoms with van der Waals surface area (Å²) in [4.78, 5) is 31.8. The lowest BCUT2D eigenvalue weighted by Gasteiger charge is -2.25. The average Bonchev–Trinajstić information content (AvgIpc) is 3.20. The third kappa shape index (κ3) is 5.44.